The summed E-state index contributed by atoms with van der Waals surface area (Å²) in [7, 11) is 0. The zero-order chi connectivity index (χ0) is 13.1. The van der Waals surface area contributed by atoms with Crippen LogP contribution in [0.3, 0.4) is 0 Å². The van der Waals surface area contributed by atoms with E-state index in [2.05, 4.69) is 57.0 Å². The van der Waals surface area contributed by atoms with Crippen molar-refractivity contribution < 1.29 is 0 Å². The highest BCUT2D eigenvalue weighted by Crippen LogP contribution is 2.28. The first-order chi connectivity index (χ1) is 7.88. The lowest BCUT2D eigenvalue weighted by molar-refractivity contribution is 0.0640. The molecule has 17 heavy (non-hydrogen) atoms. The number of piperazine rings is 1. The van der Waals surface area contributed by atoms with Crippen LogP contribution in [-0.4, -0.2) is 54.3 Å². The zero-order valence-corrected chi connectivity index (χ0v) is 13.1. The first-order valence-corrected chi connectivity index (χ1v) is 7.59. The van der Waals surface area contributed by atoms with Crippen LogP contribution in [0.2, 0.25) is 0 Å². The van der Waals surface area contributed by atoms with E-state index in [1.54, 1.807) is 0 Å². The summed E-state index contributed by atoms with van der Waals surface area (Å²) >= 11 is 4.53. The first-order valence-electron chi connectivity index (χ1n) is 6.95. The molecule has 1 rings (SSSR count). The number of nitrogens with zero attached hydrogens (tertiary/aromatic N) is 2. The van der Waals surface area contributed by atoms with Gasteiger partial charge in [-0.15, -0.1) is 0 Å². The maximum atomic E-state index is 4.53. The molecule has 0 aromatic carbocycles. The molecule has 2 nitrogen and oxygen atoms in total. The molecule has 0 spiro atoms. The molecule has 102 valence electrons. The monoisotopic (exact) mass is 258 g/mol. The Bertz CT molecular complexity index is 225. The van der Waals surface area contributed by atoms with Crippen LogP contribution in [0.15, 0.2) is 0 Å². The number of hydrogen-bond acceptors (Lipinski definition) is 3. The van der Waals surface area contributed by atoms with Crippen molar-refractivity contribution in [2.75, 3.05) is 38.5 Å². The van der Waals surface area contributed by atoms with Crippen LogP contribution in [0.5, 0.6) is 0 Å². The Labute approximate surface area is 113 Å². The van der Waals surface area contributed by atoms with Crippen LogP contribution in [0.1, 0.15) is 34.6 Å². The quantitative estimate of drug-likeness (QED) is 0.775. The predicted molar refractivity (Wildman–Crippen MR) is 79.9 cm³/mol. The lowest BCUT2D eigenvalue weighted by Gasteiger charge is -2.42. The summed E-state index contributed by atoms with van der Waals surface area (Å²) in [5.41, 5.74) is 0.368. The van der Waals surface area contributed by atoms with Gasteiger partial charge in [0.15, 0.2) is 0 Å². The number of hydrogen-bond donors (Lipinski definition) is 1. The molecule has 1 saturated heterocycles. The van der Waals surface area contributed by atoms with Gasteiger partial charge in [-0.05, 0) is 30.6 Å². The fraction of sp³-hybridized carbons (Fsp3) is 1.00. The van der Waals surface area contributed by atoms with Crippen molar-refractivity contribution in [1.29, 1.82) is 0 Å². The van der Waals surface area contributed by atoms with E-state index in [0.717, 1.165) is 5.75 Å². The molecule has 1 heterocycles. The van der Waals surface area contributed by atoms with E-state index < -0.39 is 0 Å². The molecule has 1 aliphatic rings. The lowest BCUT2D eigenvalue weighted by atomic mass is 9.81. The predicted octanol–water partition coefficient (Wildman–Crippen LogP) is 2.60. The van der Waals surface area contributed by atoms with Crippen LogP contribution in [0.25, 0.3) is 0 Å². The highest BCUT2D eigenvalue weighted by atomic mass is 32.1. The molecule has 2 unspecified atom stereocenters. The van der Waals surface area contributed by atoms with Gasteiger partial charge in [0.2, 0.25) is 0 Å². The van der Waals surface area contributed by atoms with Gasteiger partial charge in [-0.25, -0.2) is 0 Å². The van der Waals surface area contributed by atoms with E-state index in [1.807, 2.05) is 0 Å². The Morgan fingerprint density at radius 1 is 1.29 bits per heavy atom. The normalized spacial score (nSPS) is 26.1. The maximum Gasteiger partial charge on any atom is 0.0195 e. The summed E-state index contributed by atoms with van der Waals surface area (Å²) in [4.78, 5) is 5.20. The SMILES string of the molecule is CCN1CCN(CC(CS)C(C)(C)C)CC1C. The first kappa shape index (κ1) is 15.3. The second-order valence-electron chi connectivity index (χ2n) is 6.48. The molecule has 0 bridgehead atoms. The van der Waals surface area contributed by atoms with Gasteiger partial charge in [-0.3, -0.25) is 4.90 Å². The maximum absolute atomic E-state index is 4.53. The molecular formula is C14H30N2S. The smallest absolute Gasteiger partial charge is 0.0195 e. The number of rotatable bonds is 4. The fourth-order valence-electron chi connectivity index (χ4n) is 2.62. The lowest BCUT2D eigenvalue weighted by Crippen LogP contribution is -2.53. The highest BCUT2D eigenvalue weighted by Gasteiger charge is 2.28. The molecule has 3 heteroatoms. The number of likely N-dealkylation sites (N-methyl/N-ethyl adjacent to an activating group) is 1. The van der Waals surface area contributed by atoms with Crippen molar-refractivity contribution in [2.45, 2.75) is 40.7 Å². The summed E-state index contributed by atoms with van der Waals surface area (Å²) in [6.07, 6.45) is 0. The van der Waals surface area contributed by atoms with Crippen molar-refractivity contribution >= 4 is 12.6 Å². The third-order valence-corrected chi connectivity index (χ3v) is 4.62. The van der Waals surface area contributed by atoms with E-state index in [0.29, 0.717) is 17.4 Å². The molecule has 0 saturated carbocycles. The Kier molecular flexibility index (Phi) is 5.81. The molecule has 0 radical (unpaired) electrons. The summed E-state index contributed by atoms with van der Waals surface area (Å²) in [6, 6.07) is 0.703. The van der Waals surface area contributed by atoms with Gasteiger partial charge in [0.1, 0.15) is 0 Å². The van der Waals surface area contributed by atoms with Gasteiger partial charge < -0.3 is 4.90 Å². The topological polar surface area (TPSA) is 6.48 Å². The summed E-state index contributed by atoms with van der Waals surface area (Å²) in [5, 5.41) is 0. The van der Waals surface area contributed by atoms with Crippen LogP contribution < -0.4 is 0 Å². The van der Waals surface area contributed by atoms with Crippen molar-refractivity contribution in [3.05, 3.63) is 0 Å². The van der Waals surface area contributed by atoms with Crippen molar-refractivity contribution in [3.8, 4) is 0 Å². The minimum atomic E-state index is 0.368. The highest BCUT2D eigenvalue weighted by molar-refractivity contribution is 7.80. The average molecular weight is 258 g/mol. The van der Waals surface area contributed by atoms with Crippen LogP contribution in [-0.2, 0) is 0 Å². The van der Waals surface area contributed by atoms with Crippen LogP contribution >= 0.6 is 12.6 Å². The largest absolute Gasteiger partial charge is 0.300 e. The van der Waals surface area contributed by atoms with Crippen molar-refractivity contribution in [1.82, 2.24) is 9.80 Å². The summed E-state index contributed by atoms with van der Waals surface area (Å²) < 4.78 is 0. The van der Waals surface area contributed by atoms with Gasteiger partial charge in [-0.2, -0.15) is 12.6 Å². The number of thiol groups is 1. The third-order valence-electron chi connectivity index (χ3n) is 4.18. The van der Waals surface area contributed by atoms with E-state index in [9.17, 15) is 0 Å². The van der Waals surface area contributed by atoms with E-state index in [4.69, 9.17) is 0 Å². The molecule has 1 fully saturated rings. The van der Waals surface area contributed by atoms with E-state index in [-0.39, 0.29) is 0 Å². The molecule has 2 atom stereocenters. The van der Waals surface area contributed by atoms with E-state index in [1.165, 1.54) is 32.7 Å². The molecule has 0 aromatic heterocycles. The van der Waals surface area contributed by atoms with Gasteiger partial charge in [0.05, 0.1) is 0 Å². The van der Waals surface area contributed by atoms with Gasteiger partial charge in [0, 0.05) is 32.2 Å². The summed E-state index contributed by atoms with van der Waals surface area (Å²) in [6.45, 7) is 17.7. The Morgan fingerprint density at radius 3 is 2.35 bits per heavy atom. The Hall–Kier alpha value is 0.270. The molecule has 0 amide bonds. The van der Waals surface area contributed by atoms with Gasteiger partial charge >= 0.3 is 0 Å². The second kappa shape index (κ2) is 6.44. The standard InChI is InChI=1S/C14H30N2S/c1-6-16-8-7-15(9-12(16)2)10-13(11-17)14(3,4)5/h12-13,17H,6-11H2,1-5H3. The van der Waals surface area contributed by atoms with E-state index >= 15 is 0 Å². The average Bonchev–Trinajstić information content (AvgIpc) is 2.24. The van der Waals surface area contributed by atoms with Crippen molar-refractivity contribution in [2.24, 2.45) is 11.3 Å². The molecular weight excluding hydrogens is 228 g/mol. The minimum absolute atomic E-state index is 0.368. The minimum Gasteiger partial charge on any atom is -0.300 e. The van der Waals surface area contributed by atoms with Crippen molar-refractivity contribution in [3.63, 3.8) is 0 Å². The molecule has 1 aliphatic heterocycles. The van der Waals surface area contributed by atoms with Gasteiger partial charge in [-0.1, -0.05) is 27.7 Å². The Morgan fingerprint density at radius 2 is 1.94 bits per heavy atom. The second-order valence-corrected chi connectivity index (χ2v) is 6.85. The van der Waals surface area contributed by atoms with Gasteiger partial charge in [0.25, 0.3) is 0 Å². The zero-order valence-electron chi connectivity index (χ0n) is 12.2. The summed E-state index contributed by atoms with van der Waals surface area (Å²) in [5.74, 6) is 1.68. The Balaban J connectivity index is 2.48. The van der Waals surface area contributed by atoms with Crippen LogP contribution in [0.4, 0.5) is 0 Å². The third kappa shape index (κ3) is 4.46. The molecule has 0 aromatic rings. The van der Waals surface area contributed by atoms with Crippen LogP contribution in [0, 0.1) is 11.3 Å². The fourth-order valence-corrected chi connectivity index (χ4v) is 3.29. The molecule has 0 aliphatic carbocycles. The molecule has 0 N–H and O–H groups in total.